The van der Waals surface area contributed by atoms with Crippen molar-refractivity contribution < 1.29 is 18.8 Å². The highest BCUT2D eigenvalue weighted by atomic mass is 16.6. The van der Waals surface area contributed by atoms with Crippen molar-refractivity contribution in [1.82, 2.24) is 29.7 Å². The smallest absolute Gasteiger partial charge is 0.310 e. The Morgan fingerprint density at radius 2 is 2.03 bits per heavy atom. The van der Waals surface area contributed by atoms with E-state index in [0.717, 1.165) is 11.3 Å². The zero-order valence-electron chi connectivity index (χ0n) is 16.1. The van der Waals surface area contributed by atoms with Gasteiger partial charge in [-0.15, -0.1) is 0 Å². The zero-order valence-corrected chi connectivity index (χ0v) is 16.1. The lowest BCUT2D eigenvalue weighted by Crippen LogP contribution is -2.13. The Hall–Kier alpha value is -3.82. The highest BCUT2D eigenvalue weighted by Gasteiger charge is 2.17. The van der Waals surface area contributed by atoms with Gasteiger partial charge in [0.25, 0.3) is 11.7 Å². The van der Waals surface area contributed by atoms with Crippen LogP contribution < -0.4 is 4.74 Å². The van der Waals surface area contributed by atoms with E-state index in [9.17, 15) is 4.79 Å². The molecule has 10 nitrogen and oxygen atoms in total. The minimum Gasteiger partial charge on any atom is -0.496 e. The van der Waals surface area contributed by atoms with Crippen molar-refractivity contribution in [2.45, 2.75) is 26.9 Å². The van der Waals surface area contributed by atoms with Crippen LogP contribution in [0, 0.1) is 13.8 Å². The van der Waals surface area contributed by atoms with Crippen molar-refractivity contribution in [1.29, 1.82) is 0 Å². The summed E-state index contributed by atoms with van der Waals surface area (Å²) in [7, 11) is 1.57. The van der Waals surface area contributed by atoms with Gasteiger partial charge in [0.1, 0.15) is 12.1 Å². The third-order valence-corrected chi connectivity index (χ3v) is 4.48. The molecule has 1 aromatic carbocycles. The molecular formula is C19H18N6O4. The summed E-state index contributed by atoms with van der Waals surface area (Å²) in [6.07, 6.45) is 1.47. The summed E-state index contributed by atoms with van der Waals surface area (Å²) in [5, 5.41) is 8.04. The molecule has 0 bridgehead atoms. The van der Waals surface area contributed by atoms with Crippen LogP contribution in [-0.4, -0.2) is 42.8 Å². The van der Waals surface area contributed by atoms with Crippen LogP contribution in [0.4, 0.5) is 0 Å². The quantitative estimate of drug-likeness (QED) is 0.453. The van der Waals surface area contributed by atoms with E-state index in [0.29, 0.717) is 28.6 Å². The average molecular weight is 394 g/mol. The van der Waals surface area contributed by atoms with Gasteiger partial charge >= 0.3 is 5.97 Å². The molecule has 3 aromatic heterocycles. The van der Waals surface area contributed by atoms with Gasteiger partial charge in [-0.3, -0.25) is 4.79 Å². The fraction of sp³-hybridized carbons (Fsp3) is 0.263. The molecule has 29 heavy (non-hydrogen) atoms. The highest BCUT2D eigenvalue weighted by molar-refractivity contribution is 5.73. The van der Waals surface area contributed by atoms with E-state index in [1.807, 2.05) is 32.0 Å². The molecule has 0 saturated carbocycles. The van der Waals surface area contributed by atoms with Crippen molar-refractivity contribution in [3.63, 3.8) is 0 Å². The second kappa shape index (κ2) is 7.66. The number of esters is 1. The molecule has 0 fully saturated rings. The number of fused-ring (bicyclic) bond motifs is 1. The number of ether oxygens (including phenoxy) is 2. The number of aromatic nitrogens is 6. The van der Waals surface area contributed by atoms with E-state index in [1.54, 1.807) is 17.7 Å². The number of nitrogens with zero attached hydrogens (tertiary/aromatic N) is 6. The van der Waals surface area contributed by atoms with Crippen molar-refractivity contribution in [3.05, 3.63) is 53.4 Å². The Kier molecular flexibility index (Phi) is 4.90. The van der Waals surface area contributed by atoms with E-state index < -0.39 is 5.97 Å². The highest BCUT2D eigenvalue weighted by Crippen LogP contribution is 2.27. The normalized spacial score (nSPS) is 11.0. The molecule has 0 aliphatic rings. The van der Waals surface area contributed by atoms with Gasteiger partial charge in [-0.2, -0.15) is 15.1 Å². The molecule has 0 unspecified atom stereocenters. The molecule has 0 radical (unpaired) electrons. The lowest BCUT2D eigenvalue weighted by atomic mass is 10.1. The summed E-state index contributed by atoms with van der Waals surface area (Å²) in [5.41, 5.74) is 2.93. The third kappa shape index (κ3) is 3.64. The summed E-state index contributed by atoms with van der Waals surface area (Å²) in [4.78, 5) is 25.0. The maximum absolute atomic E-state index is 12.3. The van der Waals surface area contributed by atoms with Gasteiger partial charge in [0, 0.05) is 17.0 Å². The second-order valence-corrected chi connectivity index (χ2v) is 6.28. The number of methoxy groups -OCH3 is 1. The van der Waals surface area contributed by atoms with Gasteiger partial charge in [0.2, 0.25) is 5.82 Å². The maximum Gasteiger partial charge on any atom is 0.310 e. The van der Waals surface area contributed by atoms with Crippen molar-refractivity contribution in [3.8, 4) is 17.1 Å². The first kappa shape index (κ1) is 18.5. The molecule has 0 spiro atoms. The number of hydrogen-bond acceptors (Lipinski definition) is 9. The standard InChI is InChI=1S/C19H18N6O4/c1-11-14(12(2)25-19(22-11)20-10-21-25)8-17(26)28-9-16-23-18(24-29-16)13-6-4-5-7-15(13)27-3/h4-7,10H,8-9H2,1-3H3. The molecule has 0 amide bonds. The fourth-order valence-electron chi connectivity index (χ4n) is 3.00. The van der Waals surface area contributed by atoms with Crippen LogP contribution in [0.3, 0.4) is 0 Å². The third-order valence-electron chi connectivity index (χ3n) is 4.48. The molecule has 0 atom stereocenters. The summed E-state index contributed by atoms with van der Waals surface area (Å²) >= 11 is 0. The van der Waals surface area contributed by atoms with Crippen molar-refractivity contribution >= 4 is 11.7 Å². The number of hydrogen-bond donors (Lipinski definition) is 0. The Labute approximate surface area is 165 Å². The lowest BCUT2D eigenvalue weighted by molar-refractivity contribution is -0.144. The molecule has 148 valence electrons. The molecule has 0 saturated heterocycles. The molecule has 4 aromatic rings. The van der Waals surface area contributed by atoms with E-state index >= 15 is 0 Å². The average Bonchev–Trinajstić information content (AvgIpc) is 3.39. The van der Waals surface area contributed by atoms with Crippen molar-refractivity contribution in [2.24, 2.45) is 0 Å². The Balaban J connectivity index is 1.44. The van der Waals surface area contributed by atoms with Gasteiger partial charge in [-0.05, 0) is 26.0 Å². The van der Waals surface area contributed by atoms with Crippen LogP contribution in [0.1, 0.15) is 22.8 Å². The molecule has 3 heterocycles. The minimum atomic E-state index is -0.436. The second-order valence-electron chi connectivity index (χ2n) is 6.28. The first-order valence-corrected chi connectivity index (χ1v) is 8.84. The summed E-state index contributed by atoms with van der Waals surface area (Å²) in [5.74, 6) is 1.23. The first-order chi connectivity index (χ1) is 14.1. The number of rotatable bonds is 6. The van der Waals surface area contributed by atoms with Crippen LogP contribution in [0.5, 0.6) is 5.75 Å². The summed E-state index contributed by atoms with van der Waals surface area (Å²) in [6, 6.07) is 7.31. The predicted octanol–water partition coefficient (Wildman–Crippen LogP) is 2.09. The molecule has 10 heteroatoms. The van der Waals surface area contributed by atoms with Gasteiger partial charge in [0.05, 0.1) is 19.1 Å². The van der Waals surface area contributed by atoms with Gasteiger partial charge in [-0.1, -0.05) is 17.3 Å². The SMILES string of the molecule is COc1ccccc1-c1noc(COC(=O)Cc2c(C)nc3ncnn3c2C)n1. The topological polar surface area (TPSA) is 118 Å². The molecule has 0 N–H and O–H groups in total. The van der Waals surface area contributed by atoms with Crippen LogP contribution in [0.25, 0.3) is 17.2 Å². The largest absolute Gasteiger partial charge is 0.496 e. The van der Waals surface area contributed by atoms with Gasteiger partial charge < -0.3 is 14.0 Å². The van der Waals surface area contributed by atoms with E-state index in [-0.39, 0.29) is 18.9 Å². The number of para-hydroxylation sites is 1. The van der Waals surface area contributed by atoms with E-state index in [1.165, 1.54) is 6.33 Å². The fourth-order valence-corrected chi connectivity index (χ4v) is 3.00. The molecule has 4 rings (SSSR count). The number of benzene rings is 1. The van der Waals surface area contributed by atoms with Crippen LogP contribution in [0.2, 0.25) is 0 Å². The Morgan fingerprint density at radius 3 is 2.86 bits per heavy atom. The Bertz CT molecular complexity index is 1180. The van der Waals surface area contributed by atoms with E-state index in [4.69, 9.17) is 14.0 Å². The number of carbonyl (C=O) groups is 1. The first-order valence-electron chi connectivity index (χ1n) is 8.84. The Morgan fingerprint density at radius 1 is 1.21 bits per heavy atom. The molecule has 0 aliphatic heterocycles. The van der Waals surface area contributed by atoms with E-state index in [2.05, 4.69) is 25.2 Å². The van der Waals surface area contributed by atoms with Crippen LogP contribution in [-0.2, 0) is 22.6 Å². The summed E-state index contributed by atoms with van der Waals surface area (Å²) in [6.45, 7) is 3.55. The van der Waals surface area contributed by atoms with Crippen molar-refractivity contribution in [2.75, 3.05) is 7.11 Å². The van der Waals surface area contributed by atoms with Crippen LogP contribution >= 0.6 is 0 Å². The minimum absolute atomic E-state index is 0.0496. The maximum atomic E-state index is 12.3. The number of carbonyl (C=O) groups excluding carboxylic acids is 1. The van der Waals surface area contributed by atoms with Gasteiger partial charge in [-0.25, -0.2) is 9.50 Å². The summed E-state index contributed by atoms with van der Waals surface area (Å²) < 4.78 is 17.4. The molecule has 0 aliphatic carbocycles. The van der Waals surface area contributed by atoms with Crippen LogP contribution in [0.15, 0.2) is 35.1 Å². The lowest BCUT2D eigenvalue weighted by Gasteiger charge is -2.09. The van der Waals surface area contributed by atoms with Gasteiger partial charge in [0.15, 0.2) is 6.61 Å². The predicted molar refractivity (Wildman–Crippen MR) is 100 cm³/mol. The molecular weight excluding hydrogens is 376 g/mol. The monoisotopic (exact) mass is 394 g/mol. The zero-order chi connectivity index (χ0) is 20.4. The number of aryl methyl sites for hydroxylation is 2.